The van der Waals surface area contributed by atoms with Crippen LogP contribution < -0.4 is 5.32 Å². The molecule has 0 bridgehead atoms. The molecule has 1 unspecified atom stereocenters. The van der Waals surface area contributed by atoms with Gasteiger partial charge in [-0.15, -0.1) is 0 Å². The first-order chi connectivity index (χ1) is 9.79. The first kappa shape index (κ1) is 15.5. The van der Waals surface area contributed by atoms with Gasteiger partial charge >= 0.3 is 0 Å². The second-order valence-corrected chi connectivity index (χ2v) is 6.29. The lowest BCUT2D eigenvalue weighted by atomic mass is 9.99. The number of nitrogens with one attached hydrogen (secondary N) is 1. The lowest BCUT2D eigenvalue weighted by Crippen LogP contribution is -2.21. The monoisotopic (exact) mass is 379 g/mol. The zero-order chi connectivity index (χ0) is 14.2. The molecule has 2 rings (SSSR count). The van der Waals surface area contributed by atoms with Crippen LogP contribution in [0.25, 0.3) is 0 Å². The van der Waals surface area contributed by atoms with E-state index in [4.69, 9.17) is 0 Å². The van der Waals surface area contributed by atoms with Crippen molar-refractivity contribution in [2.45, 2.75) is 32.2 Å². The van der Waals surface area contributed by atoms with Gasteiger partial charge in [-0.05, 0) is 71.7 Å². The van der Waals surface area contributed by atoms with Crippen LogP contribution in [-0.4, -0.2) is 6.54 Å². The first-order valence-electron chi connectivity index (χ1n) is 7.32. The van der Waals surface area contributed by atoms with Crippen molar-refractivity contribution in [2.75, 3.05) is 6.54 Å². The predicted octanol–water partition coefficient (Wildman–Crippen LogP) is 4.96. The molecule has 1 nitrogen and oxygen atoms in total. The summed E-state index contributed by atoms with van der Waals surface area (Å²) in [6.45, 7) is 3.19. The van der Waals surface area contributed by atoms with E-state index in [9.17, 15) is 0 Å². The number of aryl methyl sites for hydroxylation is 1. The van der Waals surface area contributed by atoms with Crippen molar-refractivity contribution in [1.82, 2.24) is 5.32 Å². The van der Waals surface area contributed by atoms with Gasteiger partial charge in [-0.3, -0.25) is 0 Å². The molecule has 2 aromatic carbocycles. The number of benzene rings is 2. The van der Waals surface area contributed by atoms with Gasteiger partial charge in [0.1, 0.15) is 0 Å². The fourth-order valence-electron chi connectivity index (χ4n) is 2.48. The van der Waals surface area contributed by atoms with E-state index in [1.807, 2.05) is 0 Å². The normalized spacial score (nSPS) is 12.3. The van der Waals surface area contributed by atoms with Crippen molar-refractivity contribution < 1.29 is 0 Å². The second kappa shape index (κ2) is 8.42. The van der Waals surface area contributed by atoms with E-state index in [2.05, 4.69) is 89.4 Å². The zero-order valence-corrected chi connectivity index (χ0v) is 14.1. The molecule has 2 aromatic rings. The number of hydrogen-bond acceptors (Lipinski definition) is 1. The van der Waals surface area contributed by atoms with Crippen LogP contribution in [0.2, 0.25) is 0 Å². The third kappa shape index (κ3) is 4.91. The van der Waals surface area contributed by atoms with Gasteiger partial charge in [-0.25, -0.2) is 0 Å². The summed E-state index contributed by atoms with van der Waals surface area (Å²) in [5.74, 6) is 0. The molecule has 0 aliphatic carbocycles. The summed E-state index contributed by atoms with van der Waals surface area (Å²) in [5, 5.41) is 3.60. The Morgan fingerprint density at radius 1 is 1.00 bits per heavy atom. The lowest BCUT2D eigenvalue weighted by Gasteiger charge is -2.18. The summed E-state index contributed by atoms with van der Waals surface area (Å²) >= 11 is 2.36. The predicted molar refractivity (Wildman–Crippen MR) is 95.0 cm³/mol. The molecule has 0 radical (unpaired) electrons. The minimum atomic E-state index is 0.473. The molecule has 0 fully saturated rings. The summed E-state index contributed by atoms with van der Waals surface area (Å²) < 4.78 is 1.30. The van der Waals surface area contributed by atoms with E-state index in [1.165, 1.54) is 27.5 Å². The van der Waals surface area contributed by atoms with Crippen LogP contribution >= 0.6 is 22.6 Å². The van der Waals surface area contributed by atoms with Gasteiger partial charge in [0, 0.05) is 9.61 Å². The standard InChI is InChI=1S/C18H22IN/c1-2-20-18(16-11-13-17(19)14-12-16)10-6-9-15-7-4-3-5-8-15/h3-5,7-8,11-14,18,20H,2,6,9-10H2,1H3. The molecule has 0 saturated heterocycles. The molecule has 106 valence electrons. The fraction of sp³-hybridized carbons (Fsp3) is 0.333. The van der Waals surface area contributed by atoms with E-state index in [0.717, 1.165) is 13.0 Å². The summed E-state index contributed by atoms with van der Waals surface area (Å²) in [6, 6.07) is 20.1. The molecule has 0 aromatic heterocycles. The number of halogens is 1. The fourth-order valence-corrected chi connectivity index (χ4v) is 2.84. The highest BCUT2D eigenvalue weighted by Crippen LogP contribution is 2.21. The van der Waals surface area contributed by atoms with Crippen LogP contribution in [0.4, 0.5) is 0 Å². The smallest absolute Gasteiger partial charge is 0.0320 e. The maximum Gasteiger partial charge on any atom is 0.0320 e. The molecule has 0 amide bonds. The largest absolute Gasteiger partial charge is 0.310 e. The van der Waals surface area contributed by atoms with Gasteiger partial charge in [0.25, 0.3) is 0 Å². The van der Waals surface area contributed by atoms with E-state index in [1.54, 1.807) is 0 Å². The summed E-state index contributed by atoms with van der Waals surface area (Å²) in [6.07, 6.45) is 3.56. The van der Waals surface area contributed by atoms with Crippen LogP contribution in [0.1, 0.15) is 36.9 Å². The maximum atomic E-state index is 3.60. The molecule has 0 aliphatic rings. The number of hydrogen-bond donors (Lipinski definition) is 1. The average Bonchev–Trinajstić information content (AvgIpc) is 2.48. The van der Waals surface area contributed by atoms with Crippen molar-refractivity contribution in [3.63, 3.8) is 0 Å². The Morgan fingerprint density at radius 2 is 1.70 bits per heavy atom. The molecule has 0 heterocycles. The molecule has 1 N–H and O–H groups in total. The molecule has 2 heteroatoms. The van der Waals surface area contributed by atoms with E-state index < -0.39 is 0 Å². The van der Waals surface area contributed by atoms with Gasteiger partial charge in [0.2, 0.25) is 0 Å². The topological polar surface area (TPSA) is 12.0 Å². The van der Waals surface area contributed by atoms with Crippen molar-refractivity contribution in [2.24, 2.45) is 0 Å². The Labute approximate surface area is 135 Å². The Hall–Kier alpha value is -0.870. The van der Waals surface area contributed by atoms with Gasteiger partial charge in [-0.2, -0.15) is 0 Å². The SMILES string of the molecule is CCNC(CCCc1ccccc1)c1ccc(I)cc1. The van der Waals surface area contributed by atoms with Crippen LogP contribution in [-0.2, 0) is 6.42 Å². The molecule has 1 atom stereocenters. The molecule has 0 aliphatic heterocycles. The highest BCUT2D eigenvalue weighted by molar-refractivity contribution is 14.1. The molecule has 0 spiro atoms. The quantitative estimate of drug-likeness (QED) is 0.671. The number of rotatable bonds is 7. The van der Waals surface area contributed by atoms with E-state index in [0.29, 0.717) is 6.04 Å². The van der Waals surface area contributed by atoms with Gasteiger partial charge in [0.15, 0.2) is 0 Å². The van der Waals surface area contributed by atoms with Gasteiger partial charge < -0.3 is 5.32 Å². The Kier molecular flexibility index (Phi) is 6.54. The van der Waals surface area contributed by atoms with Gasteiger partial charge in [-0.1, -0.05) is 49.4 Å². The summed E-state index contributed by atoms with van der Waals surface area (Å²) in [7, 11) is 0. The van der Waals surface area contributed by atoms with Crippen LogP contribution in [0, 0.1) is 3.57 Å². The van der Waals surface area contributed by atoms with Crippen molar-refractivity contribution in [1.29, 1.82) is 0 Å². The Balaban J connectivity index is 1.90. The minimum Gasteiger partial charge on any atom is -0.310 e. The van der Waals surface area contributed by atoms with Gasteiger partial charge in [0.05, 0.1) is 0 Å². The van der Waals surface area contributed by atoms with Crippen molar-refractivity contribution in [3.8, 4) is 0 Å². The Morgan fingerprint density at radius 3 is 2.35 bits per heavy atom. The molecule has 20 heavy (non-hydrogen) atoms. The third-order valence-corrected chi connectivity index (χ3v) is 4.24. The zero-order valence-electron chi connectivity index (χ0n) is 12.0. The highest BCUT2D eigenvalue weighted by atomic mass is 127. The van der Waals surface area contributed by atoms with Crippen LogP contribution in [0.15, 0.2) is 54.6 Å². The Bertz CT molecular complexity index is 493. The van der Waals surface area contributed by atoms with Crippen molar-refractivity contribution in [3.05, 3.63) is 69.3 Å². The minimum absolute atomic E-state index is 0.473. The summed E-state index contributed by atoms with van der Waals surface area (Å²) in [5.41, 5.74) is 2.84. The highest BCUT2D eigenvalue weighted by Gasteiger charge is 2.09. The molecule has 0 saturated carbocycles. The summed E-state index contributed by atoms with van der Waals surface area (Å²) in [4.78, 5) is 0. The lowest BCUT2D eigenvalue weighted by molar-refractivity contribution is 0.498. The van der Waals surface area contributed by atoms with Crippen molar-refractivity contribution >= 4 is 22.6 Å². The molecular weight excluding hydrogens is 357 g/mol. The molecular formula is C18H22IN. The second-order valence-electron chi connectivity index (χ2n) is 5.04. The van der Waals surface area contributed by atoms with E-state index in [-0.39, 0.29) is 0 Å². The van der Waals surface area contributed by atoms with Crippen LogP contribution in [0.5, 0.6) is 0 Å². The van der Waals surface area contributed by atoms with Crippen LogP contribution in [0.3, 0.4) is 0 Å². The third-order valence-electron chi connectivity index (χ3n) is 3.52. The first-order valence-corrected chi connectivity index (χ1v) is 8.40. The average molecular weight is 379 g/mol. The maximum absolute atomic E-state index is 3.60. The van der Waals surface area contributed by atoms with E-state index >= 15 is 0 Å².